The molecule has 0 aliphatic heterocycles. The highest BCUT2D eigenvalue weighted by Gasteiger charge is 2.30. The molecule has 0 radical (unpaired) electrons. The van der Waals surface area contributed by atoms with E-state index in [4.69, 9.17) is 0 Å². The van der Waals surface area contributed by atoms with Crippen LogP contribution < -0.4 is 10.2 Å². The van der Waals surface area contributed by atoms with Gasteiger partial charge in [-0.25, -0.2) is 0 Å². The molecule has 170 valence electrons. The molecule has 0 spiro atoms. The lowest BCUT2D eigenvalue weighted by Crippen LogP contribution is -2.13. The largest absolute Gasteiger partial charge is 0.383 e. The molecule has 1 fully saturated rings. The third kappa shape index (κ3) is 4.49. The molecule has 0 bridgehead atoms. The number of rotatable bonds is 8. The number of fused-ring (bicyclic) bond motifs is 1. The van der Waals surface area contributed by atoms with Gasteiger partial charge in [-0.1, -0.05) is 6.07 Å². The Hall–Kier alpha value is -3.22. The molecule has 1 atom stereocenters. The van der Waals surface area contributed by atoms with Crippen molar-refractivity contribution >= 4 is 22.8 Å². The molecule has 2 aliphatic rings. The van der Waals surface area contributed by atoms with Gasteiger partial charge in [0.25, 0.3) is 0 Å². The first kappa shape index (κ1) is 21.6. The summed E-state index contributed by atoms with van der Waals surface area (Å²) < 4.78 is 0. The summed E-state index contributed by atoms with van der Waals surface area (Å²) in [5, 5.41) is 22.5. The highest BCUT2D eigenvalue weighted by Crippen LogP contribution is 2.37. The molecule has 0 unspecified atom stereocenters. The van der Waals surface area contributed by atoms with Crippen molar-refractivity contribution in [3.8, 4) is 0 Å². The maximum absolute atomic E-state index is 12.3. The third-order valence-corrected chi connectivity index (χ3v) is 6.87. The molecule has 3 aromatic rings. The molecule has 6 heteroatoms. The molecule has 33 heavy (non-hydrogen) atoms. The van der Waals surface area contributed by atoms with Gasteiger partial charge in [0.05, 0.1) is 11.9 Å². The first-order valence-corrected chi connectivity index (χ1v) is 11.6. The normalized spacial score (nSPS) is 17.2. The van der Waals surface area contributed by atoms with Gasteiger partial charge in [-0.3, -0.25) is 9.78 Å². The summed E-state index contributed by atoms with van der Waals surface area (Å²) in [6.45, 7) is 0.712. The molecule has 1 saturated carbocycles. The van der Waals surface area contributed by atoms with Crippen molar-refractivity contribution in [3.63, 3.8) is 0 Å². The molecular weight excluding hydrogens is 414 g/mol. The number of aliphatic hydroxyl groups is 2. The zero-order chi connectivity index (χ0) is 22.9. The van der Waals surface area contributed by atoms with E-state index in [1.165, 1.54) is 11.1 Å². The summed E-state index contributed by atoms with van der Waals surface area (Å²) in [5.41, 5.74) is 6.77. The Morgan fingerprint density at radius 2 is 1.85 bits per heavy atom. The summed E-state index contributed by atoms with van der Waals surface area (Å²) >= 11 is 0. The lowest BCUT2D eigenvalue weighted by atomic mass is 10.0. The quantitative estimate of drug-likeness (QED) is 0.349. The van der Waals surface area contributed by atoms with Crippen molar-refractivity contribution in [2.24, 2.45) is 5.92 Å². The molecule has 1 aromatic heterocycles. The van der Waals surface area contributed by atoms with E-state index < -0.39 is 6.29 Å². The molecule has 2 aromatic carbocycles. The summed E-state index contributed by atoms with van der Waals surface area (Å²) in [6.07, 6.45) is 5.78. The van der Waals surface area contributed by atoms with Crippen LogP contribution in [-0.4, -0.2) is 34.6 Å². The fourth-order valence-corrected chi connectivity index (χ4v) is 4.70. The zero-order valence-corrected chi connectivity index (χ0v) is 18.7. The summed E-state index contributed by atoms with van der Waals surface area (Å²) in [6, 6.07) is 16.2. The number of anilines is 3. The van der Waals surface area contributed by atoms with Crippen LogP contribution in [0.2, 0.25) is 0 Å². The lowest BCUT2D eigenvalue weighted by Gasteiger charge is -2.21. The number of hydrogen-bond acceptors (Lipinski definition) is 6. The lowest BCUT2D eigenvalue weighted by molar-refractivity contribution is -0.0419. The number of ketones is 1. The minimum Gasteiger partial charge on any atom is -0.383 e. The van der Waals surface area contributed by atoms with Gasteiger partial charge in [-0.05, 0) is 79.3 Å². The van der Waals surface area contributed by atoms with E-state index >= 15 is 0 Å². The molecule has 0 saturated heterocycles. The molecule has 3 N–H and O–H groups in total. The number of carbonyl (C=O) groups is 1. The standard InChI is InChI=1S/C27H29N3O3/c1-30(21-8-6-18(7-9-21)26(31)17-2-3-17)22-10-11-23-19(14-22)4-5-20(23)15-29-25-16-28-13-12-24(25)27(32)33/h6-14,16-17,20,27,29,32-33H,2-5,15H2,1H3/t20-/m0/s1. The monoisotopic (exact) mass is 443 g/mol. The van der Waals surface area contributed by atoms with Gasteiger partial charge in [0.15, 0.2) is 12.1 Å². The number of nitrogens with zero attached hydrogens (tertiary/aromatic N) is 2. The van der Waals surface area contributed by atoms with E-state index in [0.717, 1.165) is 42.6 Å². The number of aliphatic hydroxyl groups excluding tert-OH is 1. The minimum absolute atomic E-state index is 0.242. The number of benzene rings is 2. The first-order valence-electron chi connectivity index (χ1n) is 11.6. The maximum atomic E-state index is 12.3. The Balaban J connectivity index is 1.27. The van der Waals surface area contributed by atoms with E-state index in [1.807, 2.05) is 24.3 Å². The van der Waals surface area contributed by atoms with E-state index in [0.29, 0.717) is 23.7 Å². The number of carbonyl (C=O) groups excluding carboxylic acids is 1. The molecular formula is C27H29N3O3. The van der Waals surface area contributed by atoms with Crippen LogP contribution in [0.5, 0.6) is 0 Å². The fraction of sp³-hybridized carbons (Fsp3) is 0.333. The second-order valence-corrected chi connectivity index (χ2v) is 9.08. The minimum atomic E-state index is -1.52. The Kier molecular flexibility index (Phi) is 5.87. The van der Waals surface area contributed by atoms with Gasteiger partial charge in [0.2, 0.25) is 0 Å². The number of aromatic nitrogens is 1. The van der Waals surface area contributed by atoms with Crippen molar-refractivity contribution in [1.29, 1.82) is 0 Å². The van der Waals surface area contributed by atoms with Gasteiger partial charge in [-0.15, -0.1) is 0 Å². The predicted octanol–water partition coefficient (Wildman–Crippen LogP) is 4.57. The van der Waals surface area contributed by atoms with Gasteiger partial charge in [-0.2, -0.15) is 0 Å². The zero-order valence-electron chi connectivity index (χ0n) is 18.7. The van der Waals surface area contributed by atoms with Crippen molar-refractivity contribution < 1.29 is 15.0 Å². The van der Waals surface area contributed by atoms with Crippen LogP contribution in [-0.2, 0) is 6.42 Å². The number of nitrogens with one attached hydrogen (secondary N) is 1. The highest BCUT2D eigenvalue weighted by atomic mass is 16.5. The van der Waals surface area contributed by atoms with Crippen molar-refractivity contribution in [3.05, 3.63) is 83.2 Å². The third-order valence-electron chi connectivity index (χ3n) is 6.87. The van der Waals surface area contributed by atoms with Crippen LogP contribution in [0, 0.1) is 5.92 Å². The second-order valence-electron chi connectivity index (χ2n) is 9.08. The van der Waals surface area contributed by atoms with Crippen LogP contribution in [0.25, 0.3) is 0 Å². The molecule has 1 heterocycles. The Morgan fingerprint density at radius 1 is 1.09 bits per heavy atom. The Labute approximate surface area is 193 Å². The van der Waals surface area contributed by atoms with Crippen molar-refractivity contribution in [2.75, 3.05) is 23.8 Å². The number of Topliss-reactive ketones (excluding diaryl/α,β-unsaturated/α-hetero) is 1. The maximum Gasteiger partial charge on any atom is 0.180 e. The number of aryl methyl sites for hydroxylation is 1. The van der Waals surface area contributed by atoms with Crippen LogP contribution >= 0.6 is 0 Å². The van der Waals surface area contributed by atoms with E-state index in [1.54, 1.807) is 18.5 Å². The summed E-state index contributed by atoms with van der Waals surface area (Å²) in [7, 11) is 2.05. The number of pyridine rings is 1. The fourth-order valence-electron chi connectivity index (χ4n) is 4.70. The molecule has 2 aliphatic carbocycles. The van der Waals surface area contributed by atoms with Crippen molar-refractivity contribution in [2.45, 2.75) is 37.9 Å². The van der Waals surface area contributed by atoms with Crippen LogP contribution in [0.1, 0.15) is 58.5 Å². The van der Waals surface area contributed by atoms with Crippen molar-refractivity contribution in [1.82, 2.24) is 4.98 Å². The van der Waals surface area contributed by atoms with E-state index in [-0.39, 0.29) is 11.7 Å². The van der Waals surface area contributed by atoms with Gasteiger partial charge in [0.1, 0.15) is 0 Å². The van der Waals surface area contributed by atoms with E-state index in [2.05, 4.69) is 40.4 Å². The Morgan fingerprint density at radius 3 is 2.58 bits per heavy atom. The molecule has 6 nitrogen and oxygen atoms in total. The SMILES string of the molecule is CN(c1ccc(C(=O)C2CC2)cc1)c1ccc2c(c1)CC[C@H]2CNc1cnccc1C(O)O. The van der Waals surface area contributed by atoms with Crippen LogP contribution in [0.3, 0.4) is 0 Å². The second kappa shape index (κ2) is 8.96. The van der Waals surface area contributed by atoms with Gasteiger partial charge < -0.3 is 20.4 Å². The first-order chi connectivity index (χ1) is 16.0. The van der Waals surface area contributed by atoms with Crippen LogP contribution in [0.4, 0.5) is 17.1 Å². The molecule has 5 rings (SSSR count). The summed E-state index contributed by atoms with van der Waals surface area (Å²) in [5.74, 6) is 0.871. The molecule has 0 amide bonds. The predicted molar refractivity (Wildman–Crippen MR) is 129 cm³/mol. The van der Waals surface area contributed by atoms with Gasteiger partial charge >= 0.3 is 0 Å². The summed E-state index contributed by atoms with van der Waals surface area (Å²) in [4.78, 5) is 18.5. The Bertz CT molecular complexity index is 1160. The van der Waals surface area contributed by atoms with Gasteiger partial charge in [0, 0.05) is 54.1 Å². The van der Waals surface area contributed by atoms with Crippen LogP contribution in [0.15, 0.2) is 60.9 Å². The number of hydrogen-bond donors (Lipinski definition) is 3. The highest BCUT2D eigenvalue weighted by molar-refractivity contribution is 5.99. The average Bonchev–Trinajstić information content (AvgIpc) is 3.62. The average molecular weight is 444 g/mol. The topological polar surface area (TPSA) is 85.7 Å². The smallest absolute Gasteiger partial charge is 0.180 e. The van der Waals surface area contributed by atoms with E-state index in [9.17, 15) is 15.0 Å².